The molecular formula is C18H16BrNO4. The number of carbonyl (C=O) groups is 2. The zero-order valence-corrected chi connectivity index (χ0v) is 14.5. The van der Waals surface area contributed by atoms with Gasteiger partial charge in [0, 0.05) is 21.8 Å². The van der Waals surface area contributed by atoms with Crippen molar-refractivity contribution in [3.63, 3.8) is 0 Å². The SMILES string of the molecule is COc1ccc(Br)cc1/C=C/C(=O)Nc1ccc(CC(=O)O)cc1. The van der Waals surface area contributed by atoms with Crippen LogP contribution >= 0.6 is 15.9 Å². The molecule has 6 heteroatoms. The van der Waals surface area contributed by atoms with Gasteiger partial charge < -0.3 is 15.2 Å². The van der Waals surface area contributed by atoms with Gasteiger partial charge in [-0.3, -0.25) is 9.59 Å². The third kappa shape index (κ3) is 5.24. The lowest BCUT2D eigenvalue weighted by atomic mass is 10.1. The molecule has 0 aliphatic heterocycles. The molecule has 0 bridgehead atoms. The number of halogens is 1. The summed E-state index contributed by atoms with van der Waals surface area (Å²) in [6, 6.07) is 12.2. The molecule has 24 heavy (non-hydrogen) atoms. The Morgan fingerprint density at radius 2 is 1.92 bits per heavy atom. The minimum atomic E-state index is -0.891. The number of anilines is 1. The standard InChI is InChI=1S/C18H16BrNO4/c1-24-16-8-5-14(19)11-13(16)4-9-17(21)20-15-6-2-12(3-7-15)10-18(22)23/h2-9,11H,10H2,1H3,(H,20,21)(H,22,23)/b9-4+. The lowest BCUT2D eigenvalue weighted by Crippen LogP contribution is -2.08. The van der Waals surface area contributed by atoms with Crippen LogP contribution in [0.2, 0.25) is 0 Å². The smallest absolute Gasteiger partial charge is 0.307 e. The molecule has 0 saturated heterocycles. The molecule has 0 aromatic heterocycles. The Morgan fingerprint density at radius 1 is 1.21 bits per heavy atom. The lowest BCUT2D eigenvalue weighted by molar-refractivity contribution is -0.136. The Balaban J connectivity index is 2.02. The molecule has 0 aliphatic rings. The molecule has 1 amide bonds. The summed E-state index contributed by atoms with van der Waals surface area (Å²) in [6.07, 6.45) is 3.03. The second-order valence-corrected chi connectivity index (χ2v) is 5.89. The first-order valence-corrected chi connectivity index (χ1v) is 7.90. The van der Waals surface area contributed by atoms with E-state index >= 15 is 0 Å². The van der Waals surface area contributed by atoms with Crippen molar-refractivity contribution >= 4 is 39.6 Å². The first-order chi connectivity index (χ1) is 11.5. The van der Waals surface area contributed by atoms with Crippen LogP contribution in [0.1, 0.15) is 11.1 Å². The lowest BCUT2D eigenvalue weighted by Gasteiger charge is -2.06. The van der Waals surface area contributed by atoms with Gasteiger partial charge in [0.25, 0.3) is 0 Å². The highest BCUT2D eigenvalue weighted by molar-refractivity contribution is 9.10. The van der Waals surface area contributed by atoms with E-state index in [1.807, 2.05) is 18.2 Å². The van der Waals surface area contributed by atoms with Gasteiger partial charge in [-0.1, -0.05) is 28.1 Å². The normalized spacial score (nSPS) is 10.6. The maximum atomic E-state index is 12.0. The van der Waals surface area contributed by atoms with E-state index in [-0.39, 0.29) is 12.3 Å². The van der Waals surface area contributed by atoms with Gasteiger partial charge in [0.05, 0.1) is 13.5 Å². The van der Waals surface area contributed by atoms with Crippen molar-refractivity contribution in [2.45, 2.75) is 6.42 Å². The van der Waals surface area contributed by atoms with Gasteiger partial charge in [0.1, 0.15) is 5.75 Å². The highest BCUT2D eigenvalue weighted by Gasteiger charge is 2.03. The van der Waals surface area contributed by atoms with Crippen molar-refractivity contribution in [2.24, 2.45) is 0 Å². The number of hydrogen-bond donors (Lipinski definition) is 2. The van der Waals surface area contributed by atoms with Crippen LogP contribution in [0.3, 0.4) is 0 Å². The number of methoxy groups -OCH3 is 1. The van der Waals surface area contributed by atoms with Crippen molar-refractivity contribution in [1.82, 2.24) is 0 Å². The highest BCUT2D eigenvalue weighted by atomic mass is 79.9. The summed E-state index contributed by atoms with van der Waals surface area (Å²) in [6.45, 7) is 0. The van der Waals surface area contributed by atoms with Crippen LogP contribution in [-0.4, -0.2) is 24.1 Å². The van der Waals surface area contributed by atoms with E-state index in [1.165, 1.54) is 6.08 Å². The monoisotopic (exact) mass is 389 g/mol. The summed E-state index contributed by atoms with van der Waals surface area (Å²) in [5, 5.41) is 11.4. The van der Waals surface area contributed by atoms with Crippen LogP contribution in [0.15, 0.2) is 53.0 Å². The summed E-state index contributed by atoms with van der Waals surface area (Å²) < 4.78 is 6.13. The van der Waals surface area contributed by atoms with E-state index < -0.39 is 5.97 Å². The van der Waals surface area contributed by atoms with Gasteiger partial charge in [-0.15, -0.1) is 0 Å². The fourth-order valence-corrected chi connectivity index (χ4v) is 2.44. The summed E-state index contributed by atoms with van der Waals surface area (Å²) in [5.74, 6) is -0.513. The molecule has 0 atom stereocenters. The quantitative estimate of drug-likeness (QED) is 0.737. The van der Waals surface area contributed by atoms with Crippen LogP contribution < -0.4 is 10.1 Å². The molecule has 0 saturated carbocycles. The highest BCUT2D eigenvalue weighted by Crippen LogP contribution is 2.24. The third-order valence-electron chi connectivity index (χ3n) is 3.18. The Labute approximate surface area is 148 Å². The average Bonchev–Trinajstić information content (AvgIpc) is 2.54. The predicted molar refractivity (Wildman–Crippen MR) is 96.1 cm³/mol. The number of rotatable bonds is 6. The average molecular weight is 390 g/mol. The maximum Gasteiger partial charge on any atom is 0.307 e. The topological polar surface area (TPSA) is 75.6 Å². The van der Waals surface area contributed by atoms with Crippen LogP contribution in [0.4, 0.5) is 5.69 Å². The molecule has 0 fully saturated rings. The van der Waals surface area contributed by atoms with E-state index in [0.717, 1.165) is 10.0 Å². The minimum absolute atomic E-state index is 0.0448. The molecule has 2 aromatic carbocycles. The van der Waals surface area contributed by atoms with Crippen molar-refractivity contribution < 1.29 is 19.4 Å². The van der Waals surface area contributed by atoms with Gasteiger partial charge in [-0.25, -0.2) is 0 Å². The zero-order chi connectivity index (χ0) is 17.5. The molecule has 0 heterocycles. The Hall–Kier alpha value is -2.60. The summed E-state index contributed by atoms with van der Waals surface area (Å²) in [4.78, 5) is 22.6. The molecule has 0 aliphatic carbocycles. The Morgan fingerprint density at radius 3 is 2.54 bits per heavy atom. The predicted octanol–water partition coefficient (Wildman–Crippen LogP) is 3.74. The fraction of sp³-hybridized carbons (Fsp3) is 0.111. The Bertz CT molecular complexity index is 769. The molecule has 2 aromatic rings. The van der Waals surface area contributed by atoms with Gasteiger partial charge in [0.15, 0.2) is 0 Å². The van der Waals surface area contributed by atoms with Gasteiger partial charge in [-0.05, 0) is 42.0 Å². The number of nitrogens with one attached hydrogen (secondary N) is 1. The van der Waals surface area contributed by atoms with E-state index in [0.29, 0.717) is 17.0 Å². The van der Waals surface area contributed by atoms with Crippen LogP contribution in [0.25, 0.3) is 6.08 Å². The molecule has 5 nitrogen and oxygen atoms in total. The van der Waals surface area contributed by atoms with E-state index in [1.54, 1.807) is 37.5 Å². The summed E-state index contributed by atoms with van der Waals surface area (Å²) >= 11 is 3.38. The van der Waals surface area contributed by atoms with Crippen LogP contribution in [-0.2, 0) is 16.0 Å². The first kappa shape index (κ1) is 17.7. The number of hydrogen-bond acceptors (Lipinski definition) is 3. The van der Waals surface area contributed by atoms with Crippen molar-refractivity contribution in [3.8, 4) is 5.75 Å². The molecule has 0 unspecified atom stereocenters. The van der Waals surface area contributed by atoms with Crippen LogP contribution in [0.5, 0.6) is 5.75 Å². The van der Waals surface area contributed by atoms with Crippen molar-refractivity contribution in [2.75, 3.05) is 12.4 Å². The number of ether oxygens (including phenoxy) is 1. The maximum absolute atomic E-state index is 12.0. The summed E-state index contributed by atoms with van der Waals surface area (Å²) in [7, 11) is 1.57. The zero-order valence-electron chi connectivity index (χ0n) is 13.0. The molecule has 0 radical (unpaired) electrons. The first-order valence-electron chi connectivity index (χ1n) is 7.11. The molecule has 2 N–H and O–H groups in total. The van der Waals surface area contributed by atoms with E-state index in [4.69, 9.17) is 9.84 Å². The number of carbonyl (C=O) groups excluding carboxylic acids is 1. The van der Waals surface area contributed by atoms with Crippen molar-refractivity contribution in [1.29, 1.82) is 0 Å². The summed E-state index contributed by atoms with van der Waals surface area (Å²) in [5.41, 5.74) is 2.05. The van der Waals surface area contributed by atoms with Crippen molar-refractivity contribution in [3.05, 3.63) is 64.1 Å². The van der Waals surface area contributed by atoms with Gasteiger partial charge >= 0.3 is 5.97 Å². The number of aliphatic carboxylic acids is 1. The van der Waals surface area contributed by atoms with Gasteiger partial charge in [0.2, 0.25) is 5.91 Å². The number of carboxylic acids is 1. The van der Waals surface area contributed by atoms with E-state index in [2.05, 4.69) is 21.2 Å². The Kier molecular flexibility index (Phi) is 6.14. The number of carboxylic acid groups (broad SMARTS) is 1. The molecule has 2 rings (SSSR count). The second kappa shape index (κ2) is 8.31. The largest absolute Gasteiger partial charge is 0.496 e. The van der Waals surface area contributed by atoms with E-state index in [9.17, 15) is 9.59 Å². The molecular weight excluding hydrogens is 374 g/mol. The number of amides is 1. The molecule has 0 spiro atoms. The number of benzene rings is 2. The van der Waals surface area contributed by atoms with Gasteiger partial charge in [-0.2, -0.15) is 0 Å². The van der Waals surface area contributed by atoms with Crippen LogP contribution in [0, 0.1) is 0 Å². The third-order valence-corrected chi connectivity index (χ3v) is 3.68. The fourth-order valence-electron chi connectivity index (χ4n) is 2.07. The second-order valence-electron chi connectivity index (χ2n) is 4.98. The minimum Gasteiger partial charge on any atom is -0.496 e. The molecule has 124 valence electrons.